The Morgan fingerprint density at radius 1 is 1.09 bits per heavy atom. The number of nitrogens with zero attached hydrogens (tertiary/aromatic N) is 4. The number of rotatable bonds is 8. The lowest BCUT2D eigenvalue weighted by Gasteiger charge is -2.20. The summed E-state index contributed by atoms with van der Waals surface area (Å²) in [6, 6.07) is 21.5. The number of anilines is 1. The first-order chi connectivity index (χ1) is 15.3. The molecule has 32 heavy (non-hydrogen) atoms. The lowest BCUT2D eigenvalue weighted by atomic mass is 10.2. The number of aromatic nitrogens is 2. The summed E-state index contributed by atoms with van der Waals surface area (Å²) >= 11 is 0. The predicted molar refractivity (Wildman–Crippen MR) is 143 cm³/mol. The van der Waals surface area contributed by atoms with Crippen molar-refractivity contribution in [3.63, 3.8) is 0 Å². The molecule has 1 atom stereocenters. The molecule has 6 nitrogen and oxygen atoms in total. The van der Waals surface area contributed by atoms with Crippen molar-refractivity contribution in [1.82, 2.24) is 20.2 Å². The molecule has 7 heteroatoms. The van der Waals surface area contributed by atoms with Crippen LogP contribution in [0.1, 0.15) is 24.7 Å². The fourth-order valence-electron chi connectivity index (χ4n) is 4.02. The number of imidazole rings is 1. The van der Waals surface area contributed by atoms with Gasteiger partial charge in [-0.05, 0) is 31.0 Å². The van der Waals surface area contributed by atoms with Gasteiger partial charge in [0.15, 0.2) is 5.96 Å². The predicted octanol–water partition coefficient (Wildman–Crippen LogP) is 3.93. The topological polar surface area (TPSA) is 57.5 Å². The largest absolute Gasteiger partial charge is 0.369 e. The van der Waals surface area contributed by atoms with E-state index in [0.29, 0.717) is 12.6 Å². The number of hydrogen-bond acceptors (Lipinski definition) is 3. The Kier molecular flexibility index (Phi) is 9.40. The van der Waals surface area contributed by atoms with E-state index in [4.69, 9.17) is 4.99 Å². The van der Waals surface area contributed by atoms with Crippen molar-refractivity contribution in [2.45, 2.75) is 32.4 Å². The van der Waals surface area contributed by atoms with E-state index in [2.05, 4.69) is 86.6 Å². The zero-order valence-corrected chi connectivity index (χ0v) is 21.0. The van der Waals surface area contributed by atoms with E-state index in [-0.39, 0.29) is 24.0 Å². The summed E-state index contributed by atoms with van der Waals surface area (Å²) in [7, 11) is 0. The van der Waals surface area contributed by atoms with Gasteiger partial charge in [-0.25, -0.2) is 4.98 Å². The van der Waals surface area contributed by atoms with Crippen LogP contribution >= 0.6 is 24.0 Å². The summed E-state index contributed by atoms with van der Waals surface area (Å²) in [5, 5.41) is 7.01. The molecule has 1 aliphatic rings. The van der Waals surface area contributed by atoms with Crippen LogP contribution in [0.5, 0.6) is 0 Å². The second-order valence-corrected chi connectivity index (χ2v) is 7.88. The zero-order valence-electron chi connectivity index (χ0n) is 18.7. The minimum Gasteiger partial charge on any atom is -0.369 e. The van der Waals surface area contributed by atoms with Gasteiger partial charge in [-0.2, -0.15) is 0 Å². The fourth-order valence-corrected chi connectivity index (χ4v) is 4.02. The highest BCUT2D eigenvalue weighted by atomic mass is 127. The number of guanidine groups is 1. The quantitative estimate of drug-likeness (QED) is 0.257. The van der Waals surface area contributed by atoms with Gasteiger partial charge in [0.05, 0.1) is 0 Å². The average Bonchev–Trinajstić information content (AvgIpc) is 3.45. The van der Waals surface area contributed by atoms with Gasteiger partial charge in [-0.1, -0.05) is 48.5 Å². The summed E-state index contributed by atoms with van der Waals surface area (Å²) in [6.07, 6.45) is 5.85. The molecule has 1 aliphatic heterocycles. The Morgan fingerprint density at radius 2 is 1.84 bits per heavy atom. The third-order valence-corrected chi connectivity index (χ3v) is 5.60. The van der Waals surface area contributed by atoms with Crippen LogP contribution in [0.25, 0.3) is 0 Å². The molecule has 1 saturated heterocycles. The van der Waals surface area contributed by atoms with Crippen molar-refractivity contribution in [3.05, 3.63) is 84.4 Å². The van der Waals surface area contributed by atoms with Crippen LogP contribution in [0.3, 0.4) is 0 Å². The van der Waals surface area contributed by atoms with E-state index < -0.39 is 0 Å². The lowest BCUT2D eigenvalue weighted by molar-refractivity contribution is 0.647. The first-order valence-electron chi connectivity index (χ1n) is 11.2. The third kappa shape index (κ3) is 6.72. The average molecular weight is 544 g/mol. The number of halogens is 1. The normalized spacial score (nSPS) is 16.0. The molecule has 4 rings (SSSR count). The van der Waals surface area contributed by atoms with Gasteiger partial charge in [0.2, 0.25) is 0 Å². The van der Waals surface area contributed by atoms with E-state index >= 15 is 0 Å². The van der Waals surface area contributed by atoms with E-state index in [0.717, 1.165) is 50.8 Å². The van der Waals surface area contributed by atoms with Crippen LogP contribution in [-0.4, -0.2) is 47.7 Å². The molecule has 1 unspecified atom stereocenters. The smallest absolute Gasteiger partial charge is 0.191 e. The second-order valence-electron chi connectivity index (χ2n) is 7.88. The van der Waals surface area contributed by atoms with Crippen LogP contribution in [-0.2, 0) is 13.0 Å². The van der Waals surface area contributed by atoms with E-state index in [9.17, 15) is 0 Å². The Labute approximate surface area is 208 Å². The first-order valence-corrected chi connectivity index (χ1v) is 11.2. The minimum atomic E-state index is 0. The highest BCUT2D eigenvalue weighted by Gasteiger charge is 2.23. The lowest BCUT2D eigenvalue weighted by Crippen LogP contribution is -2.44. The van der Waals surface area contributed by atoms with Crippen LogP contribution in [0, 0.1) is 0 Å². The molecule has 1 fully saturated rings. The molecular formula is C25H33IN6. The van der Waals surface area contributed by atoms with Gasteiger partial charge in [0.1, 0.15) is 5.82 Å². The highest BCUT2D eigenvalue weighted by molar-refractivity contribution is 14.0. The van der Waals surface area contributed by atoms with Crippen molar-refractivity contribution >= 4 is 35.6 Å². The number of hydrogen-bond donors (Lipinski definition) is 2. The summed E-state index contributed by atoms with van der Waals surface area (Å²) in [5.41, 5.74) is 2.57. The van der Waals surface area contributed by atoms with Gasteiger partial charge in [-0.15, -0.1) is 24.0 Å². The number of aliphatic imine (C=N–C) groups is 1. The van der Waals surface area contributed by atoms with Crippen molar-refractivity contribution in [2.75, 3.05) is 31.1 Å². The second kappa shape index (κ2) is 12.5. The van der Waals surface area contributed by atoms with Gasteiger partial charge >= 0.3 is 0 Å². The van der Waals surface area contributed by atoms with Crippen molar-refractivity contribution < 1.29 is 0 Å². The molecule has 2 heterocycles. The zero-order chi connectivity index (χ0) is 21.3. The highest BCUT2D eigenvalue weighted by Crippen LogP contribution is 2.19. The molecule has 0 radical (unpaired) electrons. The van der Waals surface area contributed by atoms with E-state index in [1.165, 1.54) is 11.3 Å². The van der Waals surface area contributed by atoms with Crippen LogP contribution in [0.4, 0.5) is 5.69 Å². The minimum absolute atomic E-state index is 0. The van der Waals surface area contributed by atoms with Crippen LogP contribution < -0.4 is 15.5 Å². The Bertz CT molecular complexity index is 957. The molecule has 1 aromatic heterocycles. The first kappa shape index (κ1) is 24.1. The number of benzene rings is 2. The van der Waals surface area contributed by atoms with E-state index in [1.807, 2.05) is 18.5 Å². The Balaban J connectivity index is 0.00000289. The third-order valence-electron chi connectivity index (χ3n) is 5.60. The number of nitrogens with one attached hydrogen (secondary N) is 2. The molecule has 2 aromatic carbocycles. The van der Waals surface area contributed by atoms with Gasteiger partial charge < -0.3 is 20.1 Å². The number of para-hydroxylation sites is 1. The standard InChI is InChI=1S/C25H32N6.HI/c1-2-26-25(29-22-14-17-30(20-22)23-11-7-4-8-12-23)28-15-13-24-27-16-18-31(24)19-21-9-5-3-6-10-21;/h3-12,16,18,22H,2,13-15,17,19-20H2,1H3,(H2,26,28,29);1H. The Morgan fingerprint density at radius 3 is 2.59 bits per heavy atom. The summed E-state index contributed by atoms with van der Waals surface area (Å²) < 4.78 is 2.21. The maximum absolute atomic E-state index is 4.82. The fraction of sp³-hybridized carbons (Fsp3) is 0.360. The molecular weight excluding hydrogens is 511 g/mol. The van der Waals surface area contributed by atoms with Crippen molar-refractivity contribution in [3.8, 4) is 0 Å². The molecule has 0 bridgehead atoms. The SMILES string of the molecule is CCNC(=NCCc1nccn1Cc1ccccc1)NC1CCN(c2ccccc2)C1.I. The molecule has 0 spiro atoms. The van der Waals surface area contributed by atoms with Crippen LogP contribution in [0.2, 0.25) is 0 Å². The van der Waals surface area contributed by atoms with Gasteiger partial charge in [0.25, 0.3) is 0 Å². The van der Waals surface area contributed by atoms with Crippen LogP contribution in [0.15, 0.2) is 78.0 Å². The van der Waals surface area contributed by atoms with E-state index in [1.54, 1.807) is 0 Å². The van der Waals surface area contributed by atoms with Crippen molar-refractivity contribution in [2.24, 2.45) is 4.99 Å². The summed E-state index contributed by atoms with van der Waals surface area (Å²) in [5.74, 6) is 1.96. The maximum atomic E-state index is 4.82. The molecule has 0 amide bonds. The van der Waals surface area contributed by atoms with Gasteiger partial charge in [0, 0.05) is 63.3 Å². The summed E-state index contributed by atoms with van der Waals surface area (Å²) in [6.45, 7) is 6.57. The molecule has 2 N–H and O–H groups in total. The monoisotopic (exact) mass is 544 g/mol. The Hall–Kier alpha value is -2.55. The molecule has 0 saturated carbocycles. The molecule has 0 aliphatic carbocycles. The molecule has 170 valence electrons. The van der Waals surface area contributed by atoms with Gasteiger partial charge in [-0.3, -0.25) is 4.99 Å². The maximum Gasteiger partial charge on any atom is 0.191 e. The van der Waals surface area contributed by atoms with Crippen molar-refractivity contribution in [1.29, 1.82) is 0 Å². The summed E-state index contributed by atoms with van der Waals surface area (Å²) in [4.78, 5) is 11.8. The molecule has 3 aromatic rings.